The van der Waals surface area contributed by atoms with Crippen molar-refractivity contribution in [2.45, 2.75) is 0 Å². The standard InChI is InChI=1S/C45H31B2N3O12S/c46-27-24(32(54)36(58)39(61)35(27)57)43-48-44(50-45(49-43)26-33(55)37(59)40(62)38(60)34(26)56)25-29(51)23(30(52)28(47)31(25)53)20-13-7-12-19-22-15-18(16-8-3-1-4-9-16)14-21(42(22)63-41(19)20)17-10-5-2-6-11-17/h1-15,51-62H,46-47H2. The lowest BCUT2D eigenvalue weighted by Crippen LogP contribution is -2.13. The Bertz CT molecular complexity index is 3260. The highest BCUT2D eigenvalue weighted by atomic mass is 32.1. The molecule has 2 aromatic heterocycles. The second-order valence-corrected chi connectivity index (χ2v) is 15.7. The summed E-state index contributed by atoms with van der Waals surface area (Å²) in [7, 11) is 2.56. The SMILES string of the molecule is Bc1c(O)c(-c2nc(-c3c(B)c(O)c(O)c(O)c3O)nc(-c3c(O)c(O)c(O)c(O)c3O)n2)c(O)c(-c2cccc3c2sc2c(-c4ccccc4)cc(-c4ccccc4)cc23)c1O. The lowest BCUT2D eigenvalue weighted by Gasteiger charge is -2.19. The van der Waals surface area contributed by atoms with E-state index in [-0.39, 0.29) is 16.5 Å². The second kappa shape index (κ2) is 14.6. The van der Waals surface area contributed by atoms with Gasteiger partial charge in [-0.1, -0.05) is 78.9 Å². The minimum atomic E-state index is -1.31. The third kappa shape index (κ3) is 6.02. The van der Waals surface area contributed by atoms with Crippen molar-refractivity contribution in [1.29, 1.82) is 0 Å². The first-order chi connectivity index (χ1) is 30.1. The number of aromatic hydroxyl groups is 12. The van der Waals surface area contributed by atoms with Crippen molar-refractivity contribution in [2.75, 3.05) is 0 Å². The average molecular weight is 859 g/mol. The Morgan fingerprint density at radius 3 is 1.38 bits per heavy atom. The molecule has 0 unspecified atom stereocenters. The first kappa shape index (κ1) is 39.9. The van der Waals surface area contributed by atoms with Gasteiger partial charge in [-0.05, 0) is 39.7 Å². The summed E-state index contributed by atoms with van der Waals surface area (Å²) in [5.41, 5.74) is 1.48. The Balaban J connectivity index is 1.35. The first-order valence-corrected chi connectivity index (χ1v) is 19.7. The molecule has 0 spiro atoms. The van der Waals surface area contributed by atoms with Crippen molar-refractivity contribution in [3.63, 3.8) is 0 Å². The minimum absolute atomic E-state index is 0.166. The van der Waals surface area contributed by atoms with Crippen molar-refractivity contribution < 1.29 is 61.3 Å². The van der Waals surface area contributed by atoms with E-state index >= 15 is 0 Å². The van der Waals surface area contributed by atoms with Gasteiger partial charge >= 0.3 is 0 Å². The lowest BCUT2D eigenvalue weighted by atomic mass is 9.85. The molecule has 12 N–H and O–H groups in total. The topological polar surface area (TPSA) is 281 Å². The maximum Gasteiger partial charge on any atom is 0.208 e. The van der Waals surface area contributed by atoms with Crippen LogP contribution in [-0.4, -0.2) is 91.9 Å². The van der Waals surface area contributed by atoms with Crippen molar-refractivity contribution in [1.82, 2.24) is 15.0 Å². The zero-order chi connectivity index (χ0) is 44.8. The molecule has 9 rings (SSSR count). The lowest BCUT2D eigenvalue weighted by molar-refractivity contribution is 0.329. The van der Waals surface area contributed by atoms with Crippen LogP contribution in [0.15, 0.2) is 91.0 Å². The molecule has 2 heterocycles. The van der Waals surface area contributed by atoms with Crippen LogP contribution in [0.4, 0.5) is 0 Å². The normalized spacial score (nSPS) is 11.4. The Labute approximate surface area is 360 Å². The summed E-state index contributed by atoms with van der Waals surface area (Å²) in [5.74, 6) is -14.9. The van der Waals surface area contributed by atoms with E-state index in [1.807, 2.05) is 66.7 Å². The molecule has 7 aromatic carbocycles. The van der Waals surface area contributed by atoms with Gasteiger partial charge in [-0.25, -0.2) is 15.0 Å². The number of fused-ring (bicyclic) bond motifs is 3. The smallest absolute Gasteiger partial charge is 0.208 e. The van der Waals surface area contributed by atoms with Gasteiger partial charge in [0.05, 0.1) is 11.1 Å². The summed E-state index contributed by atoms with van der Waals surface area (Å²) in [6.07, 6.45) is 0. The zero-order valence-corrected chi connectivity index (χ0v) is 33.6. The van der Waals surface area contributed by atoms with Crippen LogP contribution in [0.2, 0.25) is 0 Å². The summed E-state index contributed by atoms with van der Waals surface area (Å²) >= 11 is 1.41. The van der Waals surface area contributed by atoms with Gasteiger partial charge in [-0.15, -0.1) is 11.3 Å². The fraction of sp³-hybridized carbons (Fsp3) is 0. The van der Waals surface area contributed by atoms with Crippen LogP contribution in [0.25, 0.3) is 87.7 Å². The molecule has 0 atom stereocenters. The maximum absolute atomic E-state index is 12.3. The third-order valence-electron chi connectivity index (χ3n) is 11.0. The van der Waals surface area contributed by atoms with Crippen molar-refractivity contribution in [2.24, 2.45) is 0 Å². The summed E-state index contributed by atoms with van der Waals surface area (Å²) in [6, 6.07) is 29.2. The molecule has 310 valence electrons. The Morgan fingerprint density at radius 2 is 0.794 bits per heavy atom. The first-order valence-electron chi connectivity index (χ1n) is 18.9. The second-order valence-electron chi connectivity index (χ2n) is 14.7. The molecule has 0 bridgehead atoms. The molecule has 18 heteroatoms. The van der Waals surface area contributed by atoms with E-state index in [0.29, 0.717) is 10.3 Å². The molecule has 0 aliphatic heterocycles. The van der Waals surface area contributed by atoms with Crippen LogP contribution in [0.1, 0.15) is 0 Å². The zero-order valence-electron chi connectivity index (χ0n) is 32.8. The predicted octanol–water partition coefficient (Wildman–Crippen LogP) is 5.23. The van der Waals surface area contributed by atoms with E-state index in [0.717, 1.165) is 37.7 Å². The Kier molecular flexibility index (Phi) is 9.25. The molecule has 9 aromatic rings. The summed E-state index contributed by atoms with van der Waals surface area (Å²) in [6.45, 7) is 0. The molecule has 0 saturated carbocycles. The Hall–Kier alpha value is -8.50. The van der Waals surface area contributed by atoms with Gasteiger partial charge in [0.15, 0.2) is 40.5 Å². The van der Waals surface area contributed by atoms with E-state index in [4.69, 9.17) is 0 Å². The van der Waals surface area contributed by atoms with E-state index in [2.05, 4.69) is 27.1 Å². The summed E-state index contributed by atoms with van der Waals surface area (Å²) in [5, 5.41) is 133. The van der Waals surface area contributed by atoms with Crippen molar-refractivity contribution in [3.8, 4) is 137 Å². The van der Waals surface area contributed by atoms with Gasteiger partial charge in [-0.2, -0.15) is 0 Å². The highest BCUT2D eigenvalue weighted by Gasteiger charge is 2.32. The van der Waals surface area contributed by atoms with E-state index < -0.39 is 103 Å². The van der Waals surface area contributed by atoms with Crippen LogP contribution in [-0.2, 0) is 0 Å². The van der Waals surface area contributed by atoms with E-state index in [1.54, 1.807) is 12.1 Å². The fourth-order valence-corrected chi connectivity index (χ4v) is 9.07. The van der Waals surface area contributed by atoms with Crippen molar-refractivity contribution in [3.05, 3.63) is 91.0 Å². The maximum atomic E-state index is 12.3. The number of thiophene rings is 1. The van der Waals surface area contributed by atoms with Crippen molar-refractivity contribution >= 4 is 58.1 Å². The molecule has 0 aliphatic rings. The highest BCUT2D eigenvalue weighted by Crippen LogP contribution is 2.56. The number of rotatable bonds is 6. The summed E-state index contributed by atoms with van der Waals surface area (Å²) in [4.78, 5) is 12.8. The van der Waals surface area contributed by atoms with Gasteiger partial charge in [0.2, 0.25) is 28.7 Å². The molecular weight excluding hydrogens is 828 g/mol. The van der Waals surface area contributed by atoms with Crippen LogP contribution in [0.5, 0.6) is 69.0 Å². The quantitative estimate of drug-likeness (QED) is 0.0580. The molecule has 0 saturated heterocycles. The number of aromatic nitrogens is 3. The number of phenolic OH excluding ortho intramolecular Hbond substituents is 12. The van der Waals surface area contributed by atoms with Crippen LogP contribution in [0.3, 0.4) is 0 Å². The number of hydrogen-bond acceptors (Lipinski definition) is 16. The molecule has 0 aliphatic carbocycles. The largest absolute Gasteiger partial charge is 0.508 e. The molecule has 0 fully saturated rings. The molecule has 0 radical (unpaired) electrons. The average Bonchev–Trinajstić information content (AvgIpc) is 3.68. The predicted molar refractivity (Wildman–Crippen MR) is 242 cm³/mol. The van der Waals surface area contributed by atoms with E-state index in [9.17, 15) is 61.3 Å². The molecule has 63 heavy (non-hydrogen) atoms. The molecule has 15 nitrogen and oxygen atoms in total. The van der Waals surface area contributed by atoms with Crippen LogP contribution < -0.4 is 10.9 Å². The Morgan fingerprint density at radius 1 is 0.333 bits per heavy atom. The fourth-order valence-electron chi connectivity index (χ4n) is 7.73. The monoisotopic (exact) mass is 859 g/mol. The van der Waals surface area contributed by atoms with Gasteiger partial charge < -0.3 is 61.3 Å². The summed E-state index contributed by atoms with van der Waals surface area (Å²) < 4.78 is 1.54. The van der Waals surface area contributed by atoms with Gasteiger partial charge in [-0.3, -0.25) is 0 Å². The minimum Gasteiger partial charge on any atom is -0.508 e. The van der Waals surface area contributed by atoms with Crippen LogP contribution in [0, 0.1) is 0 Å². The third-order valence-corrected chi connectivity index (χ3v) is 12.3. The molecule has 0 amide bonds. The van der Waals surface area contributed by atoms with Gasteiger partial charge in [0.25, 0.3) is 0 Å². The molecular formula is C45H31B2N3O12S. The van der Waals surface area contributed by atoms with Gasteiger partial charge in [0, 0.05) is 31.3 Å². The van der Waals surface area contributed by atoms with Gasteiger partial charge in [0.1, 0.15) is 44.1 Å². The van der Waals surface area contributed by atoms with Crippen LogP contribution >= 0.6 is 11.3 Å². The number of benzene rings is 7. The number of phenols is 12. The highest BCUT2D eigenvalue weighted by molar-refractivity contribution is 7.27. The number of hydrogen-bond donors (Lipinski definition) is 12. The number of nitrogens with zero attached hydrogens (tertiary/aromatic N) is 3. The van der Waals surface area contributed by atoms with E-state index in [1.165, 1.54) is 27.0 Å².